The normalized spacial score (nSPS) is 17.2. The SMILES string of the molecule is CC(C)(CC(=O)N(CCO)C1CCCCC1)C(=O)O. The maximum Gasteiger partial charge on any atom is 0.309 e. The minimum absolute atomic E-state index is 0.0150. The standard InChI is InChI=1S/C14H25NO4/c1-14(2,13(18)19)10-12(17)15(8-9-16)11-6-4-3-5-7-11/h11,16H,3-10H2,1-2H3,(H,18,19). The van der Waals surface area contributed by atoms with E-state index in [2.05, 4.69) is 0 Å². The van der Waals surface area contributed by atoms with Crippen molar-refractivity contribution >= 4 is 11.9 Å². The lowest BCUT2D eigenvalue weighted by molar-refractivity contribution is -0.152. The van der Waals surface area contributed by atoms with Crippen LogP contribution in [0.25, 0.3) is 0 Å². The van der Waals surface area contributed by atoms with Crippen molar-refractivity contribution in [3.63, 3.8) is 0 Å². The van der Waals surface area contributed by atoms with Gasteiger partial charge in [0.25, 0.3) is 0 Å². The van der Waals surface area contributed by atoms with Crippen LogP contribution in [0, 0.1) is 5.41 Å². The highest BCUT2D eigenvalue weighted by Crippen LogP contribution is 2.26. The molecule has 1 rings (SSSR count). The van der Waals surface area contributed by atoms with E-state index >= 15 is 0 Å². The number of amides is 1. The van der Waals surface area contributed by atoms with Crippen molar-refractivity contribution < 1.29 is 19.8 Å². The molecule has 110 valence electrons. The summed E-state index contributed by atoms with van der Waals surface area (Å²) in [5.74, 6) is -1.12. The number of rotatable bonds is 6. The van der Waals surface area contributed by atoms with E-state index in [1.165, 1.54) is 6.42 Å². The van der Waals surface area contributed by atoms with E-state index in [9.17, 15) is 9.59 Å². The number of carbonyl (C=O) groups excluding carboxylic acids is 1. The largest absolute Gasteiger partial charge is 0.481 e. The van der Waals surface area contributed by atoms with Gasteiger partial charge in [-0.15, -0.1) is 0 Å². The summed E-state index contributed by atoms with van der Waals surface area (Å²) >= 11 is 0. The summed E-state index contributed by atoms with van der Waals surface area (Å²) in [4.78, 5) is 25.1. The Labute approximate surface area is 114 Å². The van der Waals surface area contributed by atoms with Crippen LogP contribution in [0.1, 0.15) is 52.4 Å². The quantitative estimate of drug-likeness (QED) is 0.770. The molecule has 5 heteroatoms. The molecule has 5 nitrogen and oxygen atoms in total. The second kappa shape index (κ2) is 6.89. The van der Waals surface area contributed by atoms with Crippen LogP contribution < -0.4 is 0 Å². The second-order valence-electron chi connectivity index (χ2n) is 5.97. The van der Waals surface area contributed by atoms with Crippen LogP contribution in [-0.4, -0.2) is 46.2 Å². The van der Waals surface area contributed by atoms with Crippen LogP contribution in [-0.2, 0) is 9.59 Å². The smallest absolute Gasteiger partial charge is 0.309 e. The van der Waals surface area contributed by atoms with Gasteiger partial charge >= 0.3 is 5.97 Å². The topological polar surface area (TPSA) is 77.8 Å². The highest BCUT2D eigenvalue weighted by Gasteiger charge is 2.34. The van der Waals surface area contributed by atoms with Gasteiger partial charge in [-0.05, 0) is 26.7 Å². The fourth-order valence-electron chi connectivity index (χ4n) is 2.57. The molecular weight excluding hydrogens is 246 g/mol. The highest BCUT2D eigenvalue weighted by molar-refractivity contribution is 5.84. The average Bonchev–Trinajstić information content (AvgIpc) is 2.36. The molecule has 1 amide bonds. The van der Waals surface area contributed by atoms with Crippen LogP contribution in [0.3, 0.4) is 0 Å². The zero-order valence-corrected chi connectivity index (χ0v) is 11.9. The number of carboxylic acids is 1. The van der Waals surface area contributed by atoms with Crippen LogP contribution in [0.5, 0.6) is 0 Å². The number of carbonyl (C=O) groups is 2. The van der Waals surface area contributed by atoms with Gasteiger partial charge in [0.2, 0.25) is 5.91 Å². The lowest BCUT2D eigenvalue weighted by atomic mass is 9.87. The Hall–Kier alpha value is -1.10. The van der Waals surface area contributed by atoms with Gasteiger partial charge in [0.15, 0.2) is 0 Å². The molecule has 0 bridgehead atoms. The number of aliphatic hydroxyl groups excluding tert-OH is 1. The molecule has 0 saturated heterocycles. The summed E-state index contributed by atoms with van der Waals surface area (Å²) in [6.07, 6.45) is 5.29. The van der Waals surface area contributed by atoms with Crippen LogP contribution in [0.2, 0.25) is 0 Å². The first kappa shape index (κ1) is 16.0. The minimum Gasteiger partial charge on any atom is -0.481 e. The van der Waals surface area contributed by atoms with Crippen LogP contribution >= 0.6 is 0 Å². The molecule has 2 N–H and O–H groups in total. The average molecular weight is 271 g/mol. The monoisotopic (exact) mass is 271 g/mol. The molecule has 0 aromatic rings. The molecule has 0 radical (unpaired) electrons. The summed E-state index contributed by atoms with van der Waals surface area (Å²) in [6, 6.07) is 0.165. The summed E-state index contributed by atoms with van der Waals surface area (Å²) in [6.45, 7) is 3.35. The molecule has 1 saturated carbocycles. The molecule has 0 spiro atoms. The molecule has 0 unspecified atom stereocenters. The van der Waals surface area contributed by atoms with Crippen LogP contribution in [0.15, 0.2) is 0 Å². The van der Waals surface area contributed by atoms with Crippen molar-refractivity contribution in [2.24, 2.45) is 5.41 Å². The van der Waals surface area contributed by atoms with Gasteiger partial charge in [0.1, 0.15) is 0 Å². The fraction of sp³-hybridized carbons (Fsp3) is 0.857. The highest BCUT2D eigenvalue weighted by atomic mass is 16.4. The Morgan fingerprint density at radius 2 is 1.79 bits per heavy atom. The lowest BCUT2D eigenvalue weighted by Crippen LogP contribution is -2.45. The molecule has 0 heterocycles. The maximum absolute atomic E-state index is 12.3. The molecular formula is C14H25NO4. The Morgan fingerprint density at radius 1 is 1.21 bits per heavy atom. The number of carboxylic acid groups (broad SMARTS) is 1. The summed E-state index contributed by atoms with van der Waals surface area (Å²) < 4.78 is 0. The Morgan fingerprint density at radius 3 is 2.26 bits per heavy atom. The number of aliphatic carboxylic acids is 1. The third kappa shape index (κ3) is 4.49. The van der Waals surface area contributed by atoms with Crippen molar-refractivity contribution in [1.82, 2.24) is 4.90 Å². The first-order valence-corrected chi connectivity index (χ1v) is 7.02. The maximum atomic E-state index is 12.3. The van der Waals surface area contributed by atoms with Gasteiger partial charge in [0, 0.05) is 19.0 Å². The molecule has 0 aromatic carbocycles. The number of aliphatic hydroxyl groups is 1. The summed E-state index contributed by atoms with van der Waals surface area (Å²) in [7, 11) is 0. The molecule has 1 fully saturated rings. The van der Waals surface area contributed by atoms with Crippen molar-refractivity contribution in [1.29, 1.82) is 0 Å². The molecule has 19 heavy (non-hydrogen) atoms. The third-order valence-electron chi connectivity index (χ3n) is 3.85. The van der Waals surface area contributed by atoms with Gasteiger partial charge in [-0.25, -0.2) is 0 Å². The van der Waals surface area contributed by atoms with Gasteiger partial charge < -0.3 is 15.1 Å². The second-order valence-corrected chi connectivity index (χ2v) is 5.97. The van der Waals surface area contributed by atoms with Crippen molar-refractivity contribution in [2.45, 2.75) is 58.4 Å². The van der Waals surface area contributed by atoms with Crippen molar-refractivity contribution in [3.05, 3.63) is 0 Å². The predicted molar refractivity (Wildman–Crippen MR) is 71.7 cm³/mol. The van der Waals surface area contributed by atoms with E-state index in [1.54, 1.807) is 18.7 Å². The Balaban J connectivity index is 2.69. The number of hydrogen-bond acceptors (Lipinski definition) is 3. The zero-order chi connectivity index (χ0) is 14.5. The van der Waals surface area contributed by atoms with Gasteiger partial charge in [-0.3, -0.25) is 9.59 Å². The molecule has 1 aliphatic carbocycles. The molecule has 0 atom stereocenters. The zero-order valence-electron chi connectivity index (χ0n) is 11.9. The van der Waals surface area contributed by atoms with E-state index in [0.717, 1.165) is 25.7 Å². The molecule has 1 aliphatic rings. The molecule has 0 aromatic heterocycles. The summed E-state index contributed by atoms with van der Waals surface area (Å²) in [5.41, 5.74) is -1.06. The minimum atomic E-state index is -1.06. The molecule has 0 aliphatic heterocycles. The van der Waals surface area contributed by atoms with E-state index in [-0.39, 0.29) is 25.0 Å². The van der Waals surface area contributed by atoms with E-state index < -0.39 is 11.4 Å². The fourth-order valence-corrected chi connectivity index (χ4v) is 2.57. The third-order valence-corrected chi connectivity index (χ3v) is 3.85. The predicted octanol–water partition coefficient (Wildman–Crippen LogP) is 1.64. The van der Waals surface area contributed by atoms with Gasteiger partial charge in [-0.1, -0.05) is 19.3 Å². The van der Waals surface area contributed by atoms with Crippen molar-refractivity contribution in [3.8, 4) is 0 Å². The van der Waals surface area contributed by atoms with E-state index in [1.807, 2.05) is 0 Å². The van der Waals surface area contributed by atoms with Crippen LogP contribution in [0.4, 0.5) is 0 Å². The van der Waals surface area contributed by atoms with Crippen molar-refractivity contribution in [2.75, 3.05) is 13.2 Å². The van der Waals surface area contributed by atoms with Gasteiger partial charge in [0.05, 0.1) is 12.0 Å². The number of hydrogen-bond donors (Lipinski definition) is 2. The van der Waals surface area contributed by atoms with Gasteiger partial charge in [-0.2, -0.15) is 0 Å². The summed E-state index contributed by atoms with van der Waals surface area (Å²) in [5, 5.41) is 18.2. The number of nitrogens with zero attached hydrogens (tertiary/aromatic N) is 1. The Kier molecular flexibility index (Phi) is 5.79. The Bertz CT molecular complexity index is 321. The first-order chi connectivity index (χ1) is 8.88. The van der Waals surface area contributed by atoms with E-state index in [4.69, 9.17) is 10.2 Å². The lowest BCUT2D eigenvalue weighted by Gasteiger charge is -2.35. The first-order valence-electron chi connectivity index (χ1n) is 7.02. The van der Waals surface area contributed by atoms with E-state index in [0.29, 0.717) is 6.54 Å².